The van der Waals surface area contributed by atoms with Crippen molar-refractivity contribution in [2.24, 2.45) is 18.7 Å². The van der Waals surface area contributed by atoms with Crippen molar-refractivity contribution in [1.29, 1.82) is 0 Å². The van der Waals surface area contributed by atoms with Gasteiger partial charge < -0.3 is 20.5 Å². The third-order valence-electron chi connectivity index (χ3n) is 5.25. The molecule has 6 nitrogen and oxygen atoms in total. The Labute approximate surface area is 152 Å². The smallest absolute Gasteiger partial charge is 0.268 e. The van der Waals surface area contributed by atoms with Gasteiger partial charge in [0.25, 0.3) is 5.91 Å². The van der Waals surface area contributed by atoms with Gasteiger partial charge in [-0.05, 0) is 50.1 Å². The summed E-state index contributed by atoms with van der Waals surface area (Å²) in [6.07, 6.45) is 1.78. The standard InChI is InChI=1S/C19H25FN4O2/c1-12-15-10-14(20)5-6-16(15)23(2)17(12)19(26)22-7-9-24-8-3-4-13(11-24)18(21)25/h5-6,10,13H,3-4,7-9,11H2,1-2H3,(H2,21,25)(H,22,26)/t13-/m0/s1. The lowest BCUT2D eigenvalue weighted by molar-refractivity contribution is -0.123. The number of aromatic nitrogens is 1. The number of fused-ring (bicyclic) bond motifs is 1. The zero-order valence-electron chi connectivity index (χ0n) is 15.2. The Morgan fingerprint density at radius 3 is 2.88 bits per heavy atom. The Balaban J connectivity index is 1.64. The van der Waals surface area contributed by atoms with Crippen molar-refractivity contribution < 1.29 is 14.0 Å². The number of primary amides is 1. The maximum absolute atomic E-state index is 13.5. The maximum Gasteiger partial charge on any atom is 0.268 e. The third kappa shape index (κ3) is 3.58. The van der Waals surface area contributed by atoms with E-state index in [0.717, 1.165) is 35.9 Å². The molecule has 26 heavy (non-hydrogen) atoms. The molecule has 2 aromatic rings. The van der Waals surface area contributed by atoms with Crippen molar-refractivity contribution in [3.05, 3.63) is 35.3 Å². The van der Waals surface area contributed by atoms with Crippen LogP contribution in [0.1, 0.15) is 28.9 Å². The van der Waals surface area contributed by atoms with Crippen molar-refractivity contribution in [2.45, 2.75) is 19.8 Å². The molecule has 0 bridgehead atoms. The highest BCUT2D eigenvalue weighted by atomic mass is 19.1. The molecule has 1 aromatic carbocycles. The molecule has 0 unspecified atom stereocenters. The zero-order valence-corrected chi connectivity index (χ0v) is 15.2. The summed E-state index contributed by atoms with van der Waals surface area (Å²) in [5.41, 5.74) is 7.54. The number of hydrogen-bond donors (Lipinski definition) is 2. The van der Waals surface area contributed by atoms with E-state index >= 15 is 0 Å². The summed E-state index contributed by atoms with van der Waals surface area (Å²) in [5.74, 6) is -0.843. The van der Waals surface area contributed by atoms with E-state index in [9.17, 15) is 14.0 Å². The van der Waals surface area contributed by atoms with Gasteiger partial charge in [-0.3, -0.25) is 9.59 Å². The second-order valence-electron chi connectivity index (χ2n) is 6.99. The predicted molar refractivity (Wildman–Crippen MR) is 98.3 cm³/mol. The molecule has 1 saturated heterocycles. The third-order valence-corrected chi connectivity index (χ3v) is 5.25. The summed E-state index contributed by atoms with van der Waals surface area (Å²) in [5, 5.41) is 3.68. The van der Waals surface area contributed by atoms with E-state index in [1.165, 1.54) is 12.1 Å². The number of nitrogens with zero attached hydrogens (tertiary/aromatic N) is 2. The fourth-order valence-corrected chi connectivity index (χ4v) is 3.83. The minimum absolute atomic E-state index is 0.102. The van der Waals surface area contributed by atoms with Crippen molar-refractivity contribution >= 4 is 22.7 Å². The predicted octanol–water partition coefficient (Wildman–Crippen LogP) is 1.55. The van der Waals surface area contributed by atoms with Gasteiger partial charge in [-0.2, -0.15) is 0 Å². The van der Waals surface area contributed by atoms with Gasteiger partial charge in [0.1, 0.15) is 11.5 Å². The number of likely N-dealkylation sites (tertiary alicyclic amines) is 1. The van der Waals surface area contributed by atoms with Gasteiger partial charge in [-0.15, -0.1) is 0 Å². The minimum Gasteiger partial charge on any atom is -0.369 e. The van der Waals surface area contributed by atoms with Crippen LogP contribution in [0.5, 0.6) is 0 Å². The molecule has 1 aliphatic heterocycles. The second kappa shape index (κ2) is 7.45. The van der Waals surface area contributed by atoms with Gasteiger partial charge in [0.15, 0.2) is 0 Å². The van der Waals surface area contributed by atoms with Crippen LogP contribution >= 0.6 is 0 Å². The highest BCUT2D eigenvalue weighted by Gasteiger charge is 2.24. The van der Waals surface area contributed by atoms with Crippen molar-refractivity contribution in [3.63, 3.8) is 0 Å². The number of rotatable bonds is 5. The van der Waals surface area contributed by atoms with Crippen LogP contribution in [0.3, 0.4) is 0 Å². The van der Waals surface area contributed by atoms with Crippen molar-refractivity contribution in [2.75, 3.05) is 26.2 Å². The van der Waals surface area contributed by atoms with Crippen LogP contribution in [-0.4, -0.2) is 47.5 Å². The first-order valence-corrected chi connectivity index (χ1v) is 8.93. The molecule has 7 heteroatoms. The number of aryl methyl sites for hydroxylation is 2. The van der Waals surface area contributed by atoms with Crippen LogP contribution in [0.25, 0.3) is 10.9 Å². The average molecular weight is 360 g/mol. The molecule has 3 rings (SSSR count). The SMILES string of the molecule is Cc1c(C(=O)NCCN2CCC[C@H](C(N)=O)C2)n(C)c2ccc(F)cc12. The highest BCUT2D eigenvalue weighted by Crippen LogP contribution is 2.25. The Hall–Kier alpha value is -2.41. The fourth-order valence-electron chi connectivity index (χ4n) is 3.83. The summed E-state index contributed by atoms with van der Waals surface area (Å²) in [6, 6.07) is 4.54. The Bertz CT molecular complexity index is 846. The Kier molecular flexibility index (Phi) is 5.27. The molecule has 2 amide bonds. The lowest BCUT2D eigenvalue weighted by Gasteiger charge is -2.31. The Morgan fingerprint density at radius 1 is 1.38 bits per heavy atom. The highest BCUT2D eigenvalue weighted by molar-refractivity contribution is 6.01. The lowest BCUT2D eigenvalue weighted by atomic mass is 9.97. The number of carbonyl (C=O) groups excluding carboxylic acids is 2. The van der Waals surface area contributed by atoms with Crippen LogP contribution in [0.15, 0.2) is 18.2 Å². The first kappa shape index (κ1) is 18.4. The van der Waals surface area contributed by atoms with Gasteiger partial charge in [0.2, 0.25) is 5.91 Å². The van der Waals surface area contributed by atoms with Gasteiger partial charge in [0.05, 0.1) is 5.92 Å². The maximum atomic E-state index is 13.5. The van der Waals surface area contributed by atoms with Gasteiger partial charge in [-0.1, -0.05) is 0 Å². The van der Waals surface area contributed by atoms with Gasteiger partial charge in [0, 0.05) is 37.6 Å². The molecule has 140 valence electrons. The van der Waals surface area contributed by atoms with Crippen LogP contribution in [0.2, 0.25) is 0 Å². The molecular weight excluding hydrogens is 335 g/mol. The van der Waals surface area contributed by atoms with E-state index in [1.54, 1.807) is 10.6 Å². The summed E-state index contributed by atoms with van der Waals surface area (Å²) in [6.45, 7) is 4.55. The van der Waals surface area contributed by atoms with Crippen LogP contribution < -0.4 is 11.1 Å². The number of carbonyl (C=O) groups is 2. The van der Waals surface area contributed by atoms with Crippen LogP contribution in [0.4, 0.5) is 4.39 Å². The van der Waals surface area contributed by atoms with Crippen molar-refractivity contribution in [1.82, 2.24) is 14.8 Å². The number of nitrogens with one attached hydrogen (secondary N) is 1. The van der Waals surface area contributed by atoms with E-state index in [2.05, 4.69) is 10.2 Å². The molecule has 0 spiro atoms. The first-order valence-electron chi connectivity index (χ1n) is 8.93. The number of hydrogen-bond acceptors (Lipinski definition) is 3. The molecule has 3 N–H and O–H groups in total. The summed E-state index contributed by atoms with van der Waals surface area (Å²) in [7, 11) is 1.81. The second-order valence-corrected chi connectivity index (χ2v) is 6.99. The van der Waals surface area contributed by atoms with E-state index in [1.807, 2.05) is 14.0 Å². The van der Waals surface area contributed by atoms with E-state index in [4.69, 9.17) is 5.73 Å². The average Bonchev–Trinajstić information content (AvgIpc) is 2.85. The fraction of sp³-hybridized carbons (Fsp3) is 0.474. The normalized spacial score (nSPS) is 18.2. The van der Waals surface area contributed by atoms with Crippen molar-refractivity contribution in [3.8, 4) is 0 Å². The number of halogens is 1. The molecule has 0 radical (unpaired) electrons. The zero-order chi connectivity index (χ0) is 18.8. The van der Waals surface area contributed by atoms with Gasteiger partial charge in [-0.25, -0.2) is 4.39 Å². The minimum atomic E-state index is -0.313. The molecular formula is C19H25FN4O2. The molecule has 1 aliphatic rings. The largest absolute Gasteiger partial charge is 0.369 e. The molecule has 0 aliphatic carbocycles. The summed E-state index contributed by atoms with van der Waals surface area (Å²) in [4.78, 5) is 26.1. The molecule has 1 fully saturated rings. The van der Waals surface area contributed by atoms with E-state index in [-0.39, 0.29) is 23.5 Å². The molecule has 1 aromatic heterocycles. The number of benzene rings is 1. The van der Waals surface area contributed by atoms with Gasteiger partial charge >= 0.3 is 0 Å². The van der Waals surface area contributed by atoms with Crippen LogP contribution in [0, 0.1) is 18.7 Å². The number of nitrogens with two attached hydrogens (primary N) is 1. The number of amides is 2. The quantitative estimate of drug-likeness (QED) is 0.849. The first-order chi connectivity index (χ1) is 12.4. The van der Waals surface area contributed by atoms with E-state index in [0.29, 0.717) is 25.3 Å². The van der Waals surface area contributed by atoms with E-state index < -0.39 is 0 Å². The number of piperidine rings is 1. The summed E-state index contributed by atoms with van der Waals surface area (Å²) >= 11 is 0. The Morgan fingerprint density at radius 2 is 2.15 bits per heavy atom. The lowest BCUT2D eigenvalue weighted by Crippen LogP contribution is -2.44. The van der Waals surface area contributed by atoms with Crippen LogP contribution in [-0.2, 0) is 11.8 Å². The topological polar surface area (TPSA) is 80.4 Å². The molecule has 1 atom stereocenters. The summed E-state index contributed by atoms with van der Waals surface area (Å²) < 4.78 is 15.3. The monoisotopic (exact) mass is 360 g/mol. The molecule has 2 heterocycles. The molecule has 0 saturated carbocycles.